The Morgan fingerprint density at radius 2 is 2.47 bits per heavy atom. The van der Waals surface area contributed by atoms with Crippen LogP contribution in [0.5, 0.6) is 0 Å². The molecule has 2 rings (SSSR count). The summed E-state index contributed by atoms with van der Waals surface area (Å²) in [6.45, 7) is 5.53. The first-order chi connectivity index (χ1) is 9.27. The van der Waals surface area contributed by atoms with Crippen molar-refractivity contribution in [1.82, 2.24) is 20.4 Å². The smallest absolute Gasteiger partial charge is 0.227 e. The summed E-state index contributed by atoms with van der Waals surface area (Å²) in [5.74, 6) is 0.211. The lowest BCUT2D eigenvalue weighted by molar-refractivity contribution is -0.132. The third-order valence-corrected chi connectivity index (χ3v) is 4.04. The predicted octanol–water partition coefficient (Wildman–Crippen LogP) is 1.17. The quantitative estimate of drug-likeness (QED) is 0.758. The summed E-state index contributed by atoms with van der Waals surface area (Å²) in [6, 6.07) is 1.92. The summed E-state index contributed by atoms with van der Waals surface area (Å²) in [5, 5.41) is 10.6. The number of carbonyl (C=O) groups excluding carboxylic acids is 1. The molecule has 1 amide bonds. The van der Waals surface area contributed by atoms with E-state index < -0.39 is 0 Å². The van der Waals surface area contributed by atoms with Gasteiger partial charge in [0.25, 0.3) is 0 Å². The molecule has 0 radical (unpaired) electrons. The van der Waals surface area contributed by atoms with Gasteiger partial charge in [0.15, 0.2) is 0 Å². The normalized spacial score (nSPS) is 23.2. The van der Waals surface area contributed by atoms with Crippen molar-refractivity contribution in [3.63, 3.8) is 0 Å². The second kappa shape index (κ2) is 6.70. The molecule has 0 aliphatic carbocycles. The molecule has 5 heteroatoms. The number of carbonyl (C=O) groups is 1. The lowest BCUT2D eigenvalue weighted by Crippen LogP contribution is -2.50. The molecule has 5 nitrogen and oxygen atoms in total. The van der Waals surface area contributed by atoms with Gasteiger partial charge in [-0.1, -0.05) is 6.92 Å². The fourth-order valence-corrected chi connectivity index (χ4v) is 2.69. The highest BCUT2D eigenvalue weighted by molar-refractivity contribution is 5.82. The number of hydrogen-bond donors (Lipinski definition) is 2. The van der Waals surface area contributed by atoms with Crippen LogP contribution in [0, 0.1) is 5.41 Å². The molecular weight excluding hydrogens is 240 g/mol. The van der Waals surface area contributed by atoms with Gasteiger partial charge in [0.2, 0.25) is 5.91 Å². The first kappa shape index (κ1) is 14.1. The molecule has 1 unspecified atom stereocenters. The van der Waals surface area contributed by atoms with E-state index in [1.807, 2.05) is 16.9 Å². The molecule has 0 spiro atoms. The lowest BCUT2D eigenvalue weighted by atomic mass is 9.77. The molecule has 1 aliphatic rings. The van der Waals surface area contributed by atoms with Crippen LogP contribution in [0.25, 0.3) is 0 Å². The lowest BCUT2D eigenvalue weighted by Gasteiger charge is -2.35. The molecule has 0 bridgehead atoms. The first-order valence-corrected chi connectivity index (χ1v) is 7.23. The van der Waals surface area contributed by atoms with Crippen molar-refractivity contribution in [1.29, 1.82) is 0 Å². The van der Waals surface area contributed by atoms with Gasteiger partial charge in [-0.15, -0.1) is 0 Å². The highest BCUT2D eigenvalue weighted by atomic mass is 16.2. The van der Waals surface area contributed by atoms with Gasteiger partial charge in [-0.2, -0.15) is 5.10 Å². The molecule has 2 N–H and O–H groups in total. The molecule has 0 saturated carbocycles. The zero-order valence-corrected chi connectivity index (χ0v) is 11.7. The van der Waals surface area contributed by atoms with E-state index in [-0.39, 0.29) is 11.3 Å². The fourth-order valence-electron chi connectivity index (χ4n) is 2.69. The summed E-state index contributed by atoms with van der Waals surface area (Å²) in [5.41, 5.74) is -0.191. The largest absolute Gasteiger partial charge is 0.356 e. The average Bonchev–Trinajstić information content (AvgIpc) is 2.97. The second-order valence-electron chi connectivity index (χ2n) is 5.29. The Hall–Kier alpha value is -1.36. The minimum Gasteiger partial charge on any atom is -0.356 e. The number of amides is 1. The molecule has 2 heterocycles. The number of nitrogens with zero attached hydrogens (tertiary/aromatic N) is 2. The number of aryl methyl sites for hydroxylation is 1. The maximum Gasteiger partial charge on any atom is 0.227 e. The van der Waals surface area contributed by atoms with Gasteiger partial charge in [-0.05, 0) is 38.3 Å². The third-order valence-electron chi connectivity index (χ3n) is 4.04. The summed E-state index contributed by atoms with van der Waals surface area (Å²) in [4.78, 5) is 12.3. The number of rotatable bonds is 6. The van der Waals surface area contributed by atoms with E-state index in [9.17, 15) is 4.79 Å². The Morgan fingerprint density at radius 1 is 1.58 bits per heavy atom. The minimum absolute atomic E-state index is 0.191. The van der Waals surface area contributed by atoms with Crippen molar-refractivity contribution in [2.24, 2.45) is 5.41 Å². The van der Waals surface area contributed by atoms with E-state index in [1.54, 1.807) is 6.20 Å². The van der Waals surface area contributed by atoms with Crippen LogP contribution in [0.3, 0.4) is 0 Å². The van der Waals surface area contributed by atoms with Gasteiger partial charge in [0.05, 0.1) is 5.41 Å². The van der Waals surface area contributed by atoms with Crippen molar-refractivity contribution in [3.05, 3.63) is 18.5 Å². The highest BCUT2D eigenvalue weighted by Gasteiger charge is 2.37. The third kappa shape index (κ3) is 3.56. The van der Waals surface area contributed by atoms with Gasteiger partial charge >= 0.3 is 0 Å². The van der Waals surface area contributed by atoms with E-state index in [0.717, 1.165) is 51.9 Å². The molecule has 1 fully saturated rings. The number of nitrogens with one attached hydrogen (secondary N) is 2. The van der Waals surface area contributed by atoms with Gasteiger partial charge < -0.3 is 10.6 Å². The molecule has 0 aromatic carbocycles. The van der Waals surface area contributed by atoms with Crippen LogP contribution in [0.2, 0.25) is 0 Å². The van der Waals surface area contributed by atoms with Gasteiger partial charge in [-0.25, -0.2) is 0 Å². The van der Waals surface area contributed by atoms with Crippen molar-refractivity contribution in [2.45, 2.75) is 39.2 Å². The fraction of sp³-hybridized carbons (Fsp3) is 0.714. The Balaban J connectivity index is 1.73. The predicted molar refractivity (Wildman–Crippen MR) is 74.7 cm³/mol. The standard InChI is InChI=1S/C14H24N4O/c1-2-14(6-3-7-15-12-14)13(19)16-8-4-10-18-11-5-9-17-18/h5,9,11,15H,2-4,6-8,10,12H2,1H3,(H,16,19). The van der Waals surface area contributed by atoms with Crippen LogP contribution >= 0.6 is 0 Å². The summed E-state index contributed by atoms with van der Waals surface area (Å²) >= 11 is 0. The van der Waals surface area contributed by atoms with E-state index in [2.05, 4.69) is 22.7 Å². The molecule has 1 atom stereocenters. The van der Waals surface area contributed by atoms with Gasteiger partial charge in [0, 0.05) is 32.0 Å². The van der Waals surface area contributed by atoms with E-state index in [4.69, 9.17) is 0 Å². The molecule has 1 aliphatic heterocycles. The minimum atomic E-state index is -0.191. The molecule has 1 aromatic heterocycles. The molecule has 1 aromatic rings. The van der Waals surface area contributed by atoms with Crippen LogP contribution < -0.4 is 10.6 Å². The van der Waals surface area contributed by atoms with Gasteiger partial charge in [0.1, 0.15) is 0 Å². The number of hydrogen-bond acceptors (Lipinski definition) is 3. The van der Waals surface area contributed by atoms with Crippen LogP contribution in [0.1, 0.15) is 32.6 Å². The van der Waals surface area contributed by atoms with E-state index >= 15 is 0 Å². The van der Waals surface area contributed by atoms with Crippen LogP contribution in [-0.4, -0.2) is 35.3 Å². The SMILES string of the molecule is CCC1(C(=O)NCCCn2cccn2)CCCNC1. The summed E-state index contributed by atoms with van der Waals surface area (Å²) < 4.78 is 1.89. The Bertz CT molecular complexity index is 382. The van der Waals surface area contributed by atoms with Gasteiger partial charge in [-0.3, -0.25) is 9.48 Å². The highest BCUT2D eigenvalue weighted by Crippen LogP contribution is 2.30. The topological polar surface area (TPSA) is 59.0 Å². The zero-order valence-electron chi connectivity index (χ0n) is 11.7. The number of piperidine rings is 1. The maximum absolute atomic E-state index is 12.3. The van der Waals surface area contributed by atoms with Crippen molar-refractivity contribution in [3.8, 4) is 0 Å². The van der Waals surface area contributed by atoms with Crippen molar-refractivity contribution < 1.29 is 4.79 Å². The molecular formula is C14H24N4O. The number of aromatic nitrogens is 2. The second-order valence-corrected chi connectivity index (χ2v) is 5.29. The zero-order chi connectivity index (χ0) is 13.6. The van der Waals surface area contributed by atoms with Crippen LogP contribution in [0.15, 0.2) is 18.5 Å². The molecule has 106 valence electrons. The van der Waals surface area contributed by atoms with Crippen LogP contribution in [-0.2, 0) is 11.3 Å². The maximum atomic E-state index is 12.3. The Kier molecular flexibility index (Phi) is 4.96. The van der Waals surface area contributed by atoms with Crippen molar-refractivity contribution >= 4 is 5.91 Å². The molecule has 19 heavy (non-hydrogen) atoms. The van der Waals surface area contributed by atoms with Crippen LogP contribution in [0.4, 0.5) is 0 Å². The monoisotopic (exact) mass is 264 g/mol. The Labute approximate surface area is 114 Å². The Morgan fingerprint density at radius 3 is 3.11 bits per heavy atom. The van der Waals surface area contributed by atoms with Crippen molar-refractivity contribution in [2.75, 3.05) is 19.6 Å². The first-order valence-electron chi connectivity index (χ1n) is 7.23. The average molecular weight is 264 g/mol. The molecule has 1 saturated heterocycles. The summed E-state index contributed by atoms with van der Waals surface area (Å²) in [7, 11) is 0. The van der Waals surface area contributed by atoms with E-state index in [0.29, 0.717) is 0 Å². The summed E-state index contributed by atoms with van der Waals surface area (Å²) in [6.07, 6.45) is 7.64. The van der Waals surface area contributed by atoms with E-state index in [1.165, 1.54) is 0 Å².